The minimum Gasteiger partial charge on any atom is -0.493 e. The predicted molar refractivity (Wildman–Crippen MR) is 69.4 cm³/mol. The summed E-state index contributed by atoms with van der Waals surface area (Å²) < 4.78 is 5.91. The SMILES string of the molecule is CC1C(N)CCC1c1cccc2c1OCCC2. The predicted octanol–water partition coefficient (Wildman–Crippen LogP) is 2.85. The van der Waals surface area contributed by atoms with Gasteiger partial charge in [0.2, 0.25) is 0 Å². The van der Waals surface area contributed by atoms with Crippen LogP contribution in [0, 0.1) is 5.92 Å². The maximum atomic E-state index is 6.14. The lowest BCUT2D eigenvalue weighted by atomic mass is 9.86. The van der Waals surface area contributed by atoms with E-state index >= 15 is 0 Å². The molecule has 2 N–H and O–H groups in total. The fourth-order valence-electron chi connectivity index (χ4n) is 3.34. The molecule has 1 fully saturated rings. The van der Waals surface area contributed by atoms with Gasteiger partial charge in [-0.25, -0.2) is 0 Å². The Kier molecular flexibility index (Phi) is 2.83. The molecule has 0 radical (unpaired) electrons. The molecule has 2 nitrogen and oxygen atoms in total. The van der Waals surface area contributed by atoms with Crippen LogP contribution in [-0.2, 0) is 6.42 Å². The van der Waals surface area contributed by atoms with E-state index in [0.29, 0.717) is 17.9 Å². The van der Waals surface area contributed by atoms with E-state index in [2.05, 4.69) is 25.1 Å². The number of hydrogen-bond acceptors (Lipinski definition) is 2. The first-order valence-electron chi connectivity index (χ1n) is 6.77. The number of aryl methyl sites for hydroxylation is 1. The summed E-state index contributed by atoms with van der Waals surface area (Å²) in [5.74, 6) is 2.34. The summed E-state index contributed by atoms with van der Waals surface area (Å²) in [5.41, 5.74) is 8.94. The Morgan fingerprint density at radius 1 is 1.29 bits per heavy atom. The van der Waals surface area contributed by atoms with Gasteiger partial charge in [-0.2, -0.15) is 0 Å². The molecule has 0 amide bonds. The smallest absolute Gasteiger partial charge is 0.125 e. The van der Waals surface area contributed by atoms with E-state index in [1.165, 1.54) is 23.3 Å². The zero-order valence-corrected chi connectivity index (χ0v) is 10.5. The highest BCUT2D eigenvalue weighted by Crippen LogP contribution is 2.44. The van der Waals surface area contributed by atoms with E-state index in [1.807, 2.05) is 0 Å². The lowest BCUT2D eigenvalue weighted by Crippen LogP contribution is -2.25. The number of fused-ring (bicyclic) bond motifs is 1. The van der Waals surface area contributed by atoms with Gasteiger partial charge in [-0.3, -0.25) is 0 Å². The number of para-hydroxylation sites is 1. The van der Waals surface area contributed by atoms with Gasteiger partial charge in [0, 0.05) is 6.04 Å². The summed E-state index contributed by atoms with van der Waals surface area (Å²) in [6.45, 7) is 3.15. The van der Waals surface area contributed by atoms with Crippen LogP contribution in [0.1, 0.15) is 43.2 Å². The van der Waals surface area contributed by atoms with Crippen molar-refractivity contribution in [2.24, 2.45) is 11.7 Å². The average Bonchev–Trinajstić information content (AvgIpc) is 2.69. The van der Waals surface area contributed by atoms with E-state index in [9.17, 15) is 0 Å². The third kappa shape index (κ3) is 1.85. The van der Waals surface area contributed by atoms with Crippen LogP contribution in [0.3, 0.4) is 0 Å². The summed E-state index contributed by atoms with van der Waals surface area (Å²) >= 11 is 0. The van der Waals surface area contributed by atoms with E-state index < -0.39 is 0 Å². The highest BCUT2D eigenvalue weighted by molar-refractivity contribution is 5.45. The van der Waals surface area contributed by atoms with Crippen molar-refractivity contribution in [3.05, 3.63) is 29.3 Å². The van der Waals surface area contributed by atoms with Gasteiger partial charge in [-0.15, -0.1) is 0 Å². The van der Waals surface area contributed by atoms with E-state index in [4.69, 9.17) is 10.5 Å². The van der Waals surface area contributed by atoms with Crippen LogP contribution < -0.4 is 10.5 Å². The van der Waals surface area contributed by atoms with Gasteiger partial charge >= 0.3 is 0 Å². The van der Waals surface area contributed by atoms with Crippen LogP contribution in [0.4, 0.5) is 0 Å². The maximum Gasteiger partial charge on any atom is 0.125 e. The summed E-state index contributed by atoms with van der Waals surface area (Å²) in [6, 6.07) is 6.99. The highest BCUT2D eigenvalue weighted by atomic mass is 16.5. The molecule has 3 rings (SSSR count). The molecule has 1 aromatic rings. The van der Waals surface area contributed by atoms with Crippen LogP contribution in [0.15, 0.2) is 18.2 Å². The third-order valence-corrected chi connectivity index (χ3v) is 4.48. The summed E-state index contributed by atoms with van der Waals surface area (Å²) in [5, 5.41) is 0. The van der Waals surface area contributed by atoms with E-state index in [1.54, 1.807) is 0 Å². The topological polar surface area (TPSA) is 35.2 Å². The van der Waals surface area contributed by atoms with Gasteiger partial charge in [0.25, 0.3) is 0 Å². The molecule has 1 heterocycles. The number of ether oxygens (including phenoxy) is 1. The molecule has 1 aromatic carbocycles. The molecule has 2 heteroatoms. The number of hydrogen-bond donors (Lipinski definition) is 1. The zero-order valence-electron chi connectivity index (χ0n) is 10.5. The molecule has 92 valence electrons. The van der Waals surface area contributed by atoms with Crippen LogP contribution >= 0.6 is 0 Å². The van der Waals surface area contributed by atoms with Crippen molar-refractivity contribution in [1.82, 2.24) is 0 Å². The highest BCUT2D eigenvalue weighted by Gasteiger charge is 2.33. The van der Waals surface area contributed by atoms with Crippen molar-refractivity contribution >= 4 is 0 Å². The second kappa shape index (κ2) is 4.34. The fourth-order valence-corrected chi connectivity index (χ4v) is 3.34. The molecule has 1 aliphatic heterocycles. The van der Waals surface area contributed by atoms with Crippen molar-refractivity contribution < 1.29 is 4.74 Å². The molecule has 2 aliphatic rings. The summed E-state index contributed by atoms with van der Waals surface area (Å²) in [7, 11) is 0. The standard InChI is InChI=1S/C15H21NO/c1-10-12(7-8-14(10)16)13-6-2-4-11-5-3-9-17-15(11)13/h2,4,6,10,12,14H,3,5,7-9,16H2,1H3. The van der Waals surface area contributed by atoms with Gasteiger partial charge in [0.05, 0.1) is 6.61 Å². The maximum absolute atomic E-state index is 6.14. The monoisotopic (exact) mass is 231 g/mol. The van der Waals surface area contributed by atoms with Crippen LogP contribution in [0.2, 0.25) is 0 Å². The molecular formula is C15H21NO. The molecule has 1 saturated carbocycles. The van der Waals surface area contributed by atoms with Gasteiger partial charge in [0.1, 0.15) is 5.75 Å². The van der Waals surface area contributed by atoms with Gasteiger partial charge in [0.15, 0.2) is 0 Å². The summed E-state index contributed by atoms with van der Waals surface area (Å²) in [4.78, 5) is 0. The Morgan fingerprint density at radius 3 is 2.94 bits per heavy atom. The van der Waals surface area contributed by atoms with Crippen LogP contribution in [0.25, 0.3) is 0 Å². The van der Waals surface area contributed by atoms with E-state index in [-0.39, 0.29) is 0 Å². The van der Waals surface area contributed by atoms with Crippen molar-refractivity contribution in [1.29, 1.82) is 0 Å². The number of nitrogens with two attached hydrogens (primary N) is 1. The Hall–Kier alpha value is -1.02. The minimum atomic E-state index is 0.361. The average molecular weight is 231 g/mol. The Morgan fingerprint density at radius 2 is 2.18 bits per heavy atom. The molecule has 3 unspecified atom stereocenters. The largest absolute Gasteiger partial charge is 0.493 e. The first-order valence-corrected chi connectivity index (χ1v) is 6.77. The fraction of sp³-hybridized carbons (Fsp3) is 0.600. The first-order chi connectivity index (χ1) is 8.27. The molecule has 17 heavy (non-hydrogen) atoms. The Labute approximate surface area is 103 Å². The lowest BCUT2D eigenvalue weighted by molar-refractivity contribution is 0.281. The van der Waals surface area contributed by atoms with Crippen molar-refractivity contribution in [3.8, 4) is 5.75 Å². The third-order valence-electron chi connectivity index (χ3n) is 4.48. The molecule has 0 aromatic heterocycles. The summed E-state index contributed by atoms with van der Waals surface area (Å²) in [6.07, 6.45) is 4.67. The number of rotatable bonds is 1. The Bertz CT molecular complexity index is 415. The van der Waals surface area contributed by atoms with Crippen molar-refractivity contribution in [3.63, 3.8) is 0 Å². The quantitative estimate of drug-likeness (QED) is 0.806. The minimum absolute atomic E-state index is 0.361. The normalized spacial score (nSPS) is 32.0. The van der Waals surface area contributed by atoms with Gasteiger partial charge in [-0.1, -0.05) is 25.1 Å². The lowest BCUT2D eigenvalue weighted by Gasteiger charge is -2.25. The molecule has 1 aliphatic carbocycles. The van der Waals surface area contributed by atoms with Gasteiger partial charge < -0.3 is 10.5 Å². The molecule has 3 atom stereocenters. The zero-order chi connectivity index (χ0) is 11.8. The molecular weight excluding hydrogens is 210 g/mol. The first kappa shape index (κ1) is 11.1. The van der Waals surface area contributed by atoms with E-state index in [0.717, 1.165) is 25.9 Å². The van der Waals surface area contributed by atoms with Crippen molar-refractivity contribution in [2.75, 3.05) is 6.61 Å². The Balaban J connectivity index is 1.98. The number of benzene rings is 1. The second-order valence-corrected chi connectivity index (χ2v) is 5.49. The second-order valence-electron chi connectivity index (χ2n) is 5.49. The van der Waals surface area contributed by atoms with Crippen molar-refractivity contribution in [2.45, 2.75) is 44.6 Å². The van der Waals surface area contributed by atoms with Crippen LogP contribution in [-0.4, -0.2) is 12.6 Å². The molecule has 0 spiro atoms. The van der Waals surface area contributed by atoms with Crippen LogP contribution in [0.5, 0.6) is 5.75 Å². The molecule has 0 saturated heterocycles. The van der Waals surface area contributed by atoms with Gasteiger partial charge in [-0.05, 0) is 48.6 Å². The molecule has 0 bridgehead atoms.